The summed E-state index contributed by atoms with van der Waals surface area (Å²) >= 11 is 0. The number of aryl methyl sites for hydroxylation is 2. The Morgan fingerprint density at radius 3 is 2.62 bits per heavy atom. The van der Waals surface area contributed by atoms with Crippen LogP contribution in [0.15, 0.2) is 66.3 Å². The topological polar surface area (TPSA) is 12.0 Å². The largest absolute Gasteiger partial charge is 0.388 e. The highest BCUT2D eigenvalue weighted by molar-refractivity contribution is 5.51. The lowest BCUT2D eigenvalue weighted by Crippen LogP contribution is -2.57. The second kappa shape index (κ2) is 9.78. The lowest BCUT2D eigenvalue weighted by atomic mass is 9.39. The highest BCUT2D eigenvalue weighted by Gasteiger charge is 2.72. The fourth-order valence-corrected chi connectivity index (χ4v) is 12.0. The minimum atomic E-state index is 0.208. The third kappa shape index (κ3) is 3.85. The molecule has 216 valence electrons. The molecule has 5 aliphatic rings. The Morgan fingerprint density at radius 1 is 1.10 bits per heavy atom. The first kappa shape index (κ1) is 28.1. The van der Waals surface area contributed by atoms with Crippen molar-refractivity contribution in [3.8, 4) is 0 Å². The summed E-state index contributed by atoms with van der Waals surface area (Å²) in [6.45, 7) is 22.0. The molecular formula is C39H55N. The van der Waals surface area contributed by atoms with Gasteiger partial charge in [0.2, 0.25) is 0 Å². The van der Waals surface area contributed by atoms with Gasteiger partial charge in [-0.3, -0.25) is 0 Å². The summed E-state index contributed by atoms with van der Waals surface area (Å²) in [4.78, 5) is 0. The normalized spacial score (nSPS) is 41.5. The molecule has 0 amide bonds. The van der Waals surface area contributed by atoms with E-state index in [-0.39, 0.29) is 5.41 Å². The van der Waals surface area contributed by atoms with Gasteiger partial charge >= 0.3 is 0 Å². The Balaban J connectivity index is 1.33. The molecule has 4 fully saturated rings. The summed E-state index contributed by atoms with van der Waals surface area (Å²) in [6.07, 6.45) is 21.9. The molecule has 0 spiro atoms. The standard InChI is InChI=1S/C39H55N/c1-9-10-30-23-32-24-35-37(6)19-16-31-21-26(2)15-18-36(31,5)34(37)17-20-38(35,7)39(32,25-30)28(4)11-12-29-13-14-33(40-8)27(3)22-29/h13-15,18,21-22,30,32,34-35,40H,2,4,9-12,16-17,19-20,23-25H2,1,3,5-8H3. The molecule has 0 heterocycles. The van der Waals surface area contributed by atoms with Crippen molar-refractivity contribution < 1.29 is 0 Å². The highest BCUT2D eigenvalue weighted by atomic mass is 14.8. The third-order valence-electron chi connectivity index (χ3n) is 13.7. The molecular weight excluding hydrogens is 482 g/mol. The van der Waals surface area contributed by atoms with E-state index in [1.165, 1.54) is 80.2 Å². The van der Waals surface area contributed by atoms with Crippen LogP contribution in [0.1, 0.15) is 103 Å². The predicted octanol–water partition coefficient (Wildman–Crippen LogP) is 10.6. The molecule has 0 bridgehead atoms. The molecule has 40 heavy (non-hydrogen) atoms. The third-order valence-corrected chi connectivity index (χ3v) is 13.7. The number of hydrogen-bond acceptors (Lipinski definition) is 1. The quantitative estimate of drug-likeness (QED) is 0.341. The number of nitrogens with one attached hydrogen (secondary N) is 1. The molecule has 8 unspecified atom stereocenters. The number of rotatable bonds is 7. The minimum absolute atomic E-state index is 0.208. The van der Waals surface area contributed by atoms with Crippen molar-refractivity contribution in [1.29, 1.82) is 0 Å². The molecule has 1 nitrogen and oxygen atoms in total. The molecule has 0 saturated heterocycles. The van der Waals surface area contributed by atoms with E-state index in [4.69, 9.17) is 6.58 Å². The number of anilines is 1. The van der Waals surface area contributed by atoms with E-state index in [0.29, 0.717) is 16.2 Å². The zero-order valence-corrected chi connectivity index (χ0v) is 26.5. The van der Waals surface area contributed by atoms with E-state index in [1.807, 2.05) is 7.05 Å². The van der Waals surface area contributed by atoms with Crippen LogP contribution in [0.25, 0.3) is 0 Å². The Labute approximate surface area is 245 Å². The lowest BCUT2D eigenvalue weighted by molar-refractivity contribution is -0.118. The summed E-state index contributed by atoms with van der Waals surface area (Å²) < 4.78 is 0. The fraction of sp³-hybridized carbons (Fsp3) is 0.641. The molecule has 1 N–H and O–H groups in total. The number of hydrogen-bond donors (Lipinski definition) is 1. The molecule has 6 rings (SSSR count). The first-order valence-corrected chi connectivity index (χ1v) is 16.6. The second-order valence-electron chi connectivity index (χ2n) is 15.4. The smallest absolute Gasteiger partial charge is 0.0367 e. The van der Waals surface area contributed by atoms with Crippen molar-refractivity contribution >= 4 is 5.69 Å². The van der Waals surface area contributed by atoms with Gasteiger partial charge in [-0.25, -0.2) is 0 Å². The van der Waals surface area contributed by atoms with Crippen LogP contribution < -0.4 is 5.32 Å². The fourth-order valence-electron chi connectivity index (χ4n) is 12.0. The number of allylic oxidation sites excluding steroid dienone is 6. The van der Waals surface area contributed by atoms with Crippen molar-refractivity contribution in [2.75, 3.05) is 12.4 Å². The van der Waals surface area contributed by atoms with E-state index in [9.17, 15) is 0 Å². The van der Waals surface area contributed by atoms with Crippen LogP contribution >= 0.6 is 0 Å². The van der Waals surface area contributed by atoms with Crippen LogP contribution in [0.4, 0.5) is 5.69 Å². The van der Waals surface area contributed by atoms with Gasteiger partial charge in [-0.05, 0) is 127 Å². The van der Waals surface area contributed by atoms with Crippen LogP contribution in [0.3, 0.4) is 0 Å². The summed E-state index contributed by atoms with van der Waals surface area (Å²) in [5.41, 5.74) is 9.82. The molecule has 1 heteroatoms. The monoisotopic (exact) mass is 537 g/mol. The average Bonchev–Trinajstić information content (AvgIpc) is 3.41. The SMILES string of the molecule is C=C1C=CC2(C)C(=C1)CCC1(C)C2CCC2(C)C1CC1CC(CCC)CC12C(=C)CCc1ccc(NC)c(C)c1. The molecule has 8 atom stereocenters. The van der Waals surface area contributed by atoms with Gasteiger partial charge in [0.15, 0.2) is 0 Å². The van der Waals surface area contributed by atoms with Crippen molar-refractivity contribution in [3.63, 3.8) is 0 Å². The molecule has 4 saturated carbocycles. The molecule has 0 radical (unpaired) electrons. The summed E-state index contributed by atoms with van der Waals surface area (Å²) in [6, 6.07) is 6.99. The Bertz CT molecular complexity index is 1260. The first-order valence-electron chi connectivity index (χ1n) is 16.6. The van der Waals surface area contributed by atoms with E-state index < -0.39 is 0 Å². The maximum absolute atomic E-state index is 5.04. The van der Waals surface area contributed by atoms with Gasteiger partial charge in [0.1, 0.15) is 0 Å². The van der Waals surface area contributed by atoms with Crippen LogP contribution in [0.2, 0.25) is 0 Å². The van der Waals surface area contributed by atoms with Gasteiger partial charge in [0.25, 0.3) is 0 Å². The molecule has 0 aromatic heterocycles. The van der Waals surface area contributed by atoms with Gasteiger partial charge in [0.05, 0.1) is 0 Å². The van der Waals surface area contributed by atoms with Gasteiger partial charge in [-0.1, -0.05) is 95.2 Å². The summed E-state index contributed by atoms with van der Waals surface area (Å²) in [5, 5.41) is 3.33. The maximum atomic E-state index is 5.04. The van der Waals surface area contributed by atoms with Gasteiger partial charge in [-0.15, -0.1) is 0 Å². The number of benzene rings is 1. The zero-order valence-electron chi connectivity index (χ0n) is 26.5. The molecule has 5 aliphatic carbocycles. The van der Waals surface area contributed by atoms with Crippen LogP contribution in [-0.2, 0) is 6.42 Å². The second-order valence-corrected chi connectivity index (χ2v) is 15.4. The Morgan fingerprint density at radius 2 is 1.90 bits per heavy atom. The van der Waals surface area contributed by atoms with Gasteiger partial charge in [0, 0.05) is 18.2 Å². The van der Waals surface area contributed by atoms with Crippen molar-refractivity contribution in [1.82, 2.24) is 0 Å². The summed E-state index contributed by atoms with van der Waals surface area (Å²) in [7, 11) is 2.02. The molecule has 0 aliphatic heterocycles. The van der Waals surface area contributed by atoms with Crippen LogP contribution in [-0.4, -0.2) is 7.05 Å². The Hall–Kier alpha value is -2.02. The zero-order chi connectivity index (χ0) is 28.5. The minimum Gasteiger partial charge on any atom is -0.388 e. The van der Waals surface area contributed by atoms with E-state index in [2.05, 4.69) is 82.9 Å². The summed E-state index contributed by atoms with van der Waals surface area (Å²) in [5.74, 6) is 3.25. The highest BCUT2D eigenvalue weighted by Crippen LogP contribution is 2.80. The van der Waals surface area contributed by atoms with Crippen molar-refractivity contribution in [2.24, 2.45) is 45.3 Å². The van der Waals surface area contributed by atoms with Crippen LogP contribution in [0, 0.1) is 52.3 Å². The van der Waals surface area contributed by atoms with Gasteiger partial charge < -0.3 is 5.32 Å². The van der Waals surface area contributed by atoms with Crippen molar-refractivity contribution in [3.05, 3.63) is 77.4 Å². The first-order chi connectivity index (χ1) is 19.0. The molecule has 1 aromatic rings. The van der Waals surface area contributed by atoms with Crippen molar-refractivity contribution in [2.45, 2.75) is 105 Å². The predicted molar refractivity (Wildman–Crippen MR) is 172 cm³/mol. The average molecular weight is 538 g/mol. The van der Waals surface area contributed by atoms with E-state index in [1.54, 1.807) is 11.1 Å². The van der Waals surface area contributed by atoms with Crippen LogP contribution in [0.5, 0.6) is 0 Å². The van der Waals surface area contributed by atoms with E-state index >= 15 is 0 Å². The van der Waals surface area contributed by atoms with E-state index in [0.717, 1.165) is 36.5 Å². The Kier molecular flexibility index (Phi) is 6.87. The maximum Gasteiger partial charge on any atom is 0.0367 e. The number of fused-ring (bicyclic) bond motifs is 7. The molecule has 1 aromatic carbocycles. The van der Waals surface area contributed by atoms with Gasteiger partial charge in [-0.2, -0.15) is 0 Å². The lowest BCUT2D eigenvalue weighted by Gasteiger charge is -2.64.